The molecule has 0 saturated heterocycles. The van der Waals surface area contributed by atoms with E-state index in [1.54, 1.807) is 6.07 Å². The van der Waals surface area contributed by atoms with Gasteiger partial charge < -0.3 is 0 Å². The highest BCUT2D eigenvalue weighted by Gasteiger charge is 2.45. The predicted molar refractivity (Wildman–Crippen MR) is 196 cm³/mol. The quantitative estimate of drug-likeness (QED) is 0.182. The molecule has 0 aliphatic heterocycles. The van der Waals surface area contributed by atoms with Gasteiger partial charge in [-0.25, -0.2) is 15.0 Å². The van der Waals surface area contributed by atoms with Crippen LogP contribution in [0.3, 0.4) is 0 Å². The van der Waals surface area contributed by atoms with Gasteiger partial charge in [0, 0.05) is 29.1 Å². The summed E-state index contributed by atoms with van der Waals surface area (Å²) in [5.74, 6) is 4.10. The van der Waals surface area contributed by atoms with Crippen LogP contribution in [-0.4, -0.2) is 19.9 Å². The molecule has 0 spiro atoms. The average Bonchev–Trinajstić information content (AvgIpc) is 3.14. The zero-order chi connectivity index (χ0) is 33.4. The molecule has 0 unspecified atom stereocenters. The van der Waals surface area contributed by atoms with Crippen LogP contribution in [0.1, 0.15) is 57.1 Å². The molecule has 0 radical (unpaired) electrons. The molecule has 0 N–H and O–H groups in total. The summed E-state index contributed by atoms with van der Waals surface area (Å²) in [5.41, 5.74) is 9.34. The first-order valence-corrected chi connectivity index (χ1v) is 17.4. The van der Waals surface area contributed by atoms with Crippen molar-refractivity contribution in [3.63, 3.8) is 0 Å². The fraction of sp³-hybridized carbons (Fsp3) is 0.250. The highest BCUT2D eigenvalue weighted by atomic mass is 15.0. The minimum atomic E-state index is 0.292. The molecule has 49 heavy (non-hydrogen) atoms. The zero-order valence-electron chi connectivity index (χ0n) is 28.1. The predicted octanol–water partition coefficient (Wildman–Crippen LogP) is 10.6. The number of aromatic nitrogens is 4. The number of benzene rings is 4. The van der Waals surface area contributed by atoms with E-state index in [0.29, 0.717) is 28.5 Å². The molecule has 8 rings (SSSR count). The van der Waals surface area contributed by atoms with Crippen LogP contribution in [0.5, 0.6) is 0 Å². The van der Waals surface area contributed by atoms with Gasteiger partial charge in [-0.05, 0) is 126 Å². The second-order valence-corrected chi connectivity index (χ2v) is 14.4. The Kier molecular flexibility index (Phi) is 8.09. The van der Waals surface area contributed by atoms with Gasteiger partial charge in [0.25, 0.3) is 0 Å². The first-order valence-electron chi connectivity index (χ1n) is 17.4. The minimum absolute atomic E-state index is 0.292. The maximum absolute atomic E-state index is 9.60. The maximum Gasteiger partial charge on any atom is 0.164 e. The van der Waals surface area contributed by atoms with Crippen molar-refractivity contribution in [2.45, 2.75) is 51.4 Å². The lowest BCUT2D eigenvalue weighted by atomic mass is 9.54. The molecule has 4 aromatic carbocycles. The van der Waals surface area contributed by atoms with Crippen LogP contribution in [-0.2, 0) is 5.41 Å². The van der Waals surface area contributed by atoms with Gasteiger partial charge >= 0.3 is 0 Å². The van der Waals surface area contributed by atoms with E-state index in [2.05, 4.69) is 67.4 Å². The van der Waals surface area contributed by atoms with Crippen molar-refractivity contribution in [2.24, 2.45) is 17.8 Å². The molecule has 2 atom stereocenters. The summed E-state index contributed by atoms with van der Waals surface area (Å²) in [6, 6.07) is 39.8. The lowest BCUT2D eigenvalue weighted by Crippen LogP contribution is -2.42. The Bertz CT molecular complexity index is 2130. The summed E-state index contributed by atoms with van der Waals surface area (Å²) in [6.45, 7) is 4.90. The SMILES string of the molecule is C[C@@H]1CC2C[C@@H](C)CC(c3ccc(-c4cc(-c5ccncc5)cc(-c5nc(-c6ccccc6)nc(-c6cccc(C#N)c6)n5)c4)cc3)(C2)C1. The lowest BCUT2D eigenvalue weighted by molar-refractivity contribution is 0.0780. The third kappa shape index (κ3) is 6.27. The summed E-state index contributed by atoms with van der Waals surface area (Å²) >= 11 is 0. The Morgan fingerprint density at radius 2 is 1.12 bits per heavy atom. The van der Waals surface area contributed by atoms with Crippen LogP contribution >= 0.6 is 0 Å². The van der Waals surface area contributed by atoms with E-state index < -0.39 is 0 Å². The Morgan fingerprint density at radius 1 is 0.551 bits per heavy atom. The number of hydrogen-bond acceptors (Lipinski definition) is 5. The number of hydrogen-bond donors (Lipinski definition) is 0. The van der Waals surface area contributed by atoms with E-state index in [4.69, 9.17) is 15.0 Å². The minimum Gasteiger partial charge on any atom is -0.265 e. The largest absolute Gasteiger partial charge is 0.265 e. The van der Waals surface area contributed by atoms with Gasteiger partial charge in [0.15, 0.2) is 17.5 Å². The summed E-state index contributed by atoms with van der Waals surface area (Å²) in [4.78, 5) is 19.2. The summed E-state index contributed by atoms with van der Waals surface area (Å²) in [7, 11) is 0. The van der Waals surface area contributed by atoms with Crippen LogP contribution in [0, 0.1) is 29.1 Å². The van der Waals surface area contributed by atoms with E-state index in [0.717, 1.165) is 51.1 Å². The van der Waals surface area contributed by atoms with E-state index in [-0.39, 0.29) is 0 Å². The number of rotatable bonds is 6. The molecule has 2 bridgehead atoms. The number of nitriles is 1. The molecule has 2 aromatic heterocycles. The van der Waals surface area contributed by atoms with E-state index in [1.165, 1.54) is 43.2 Å². The highest BCUT2D eigenvalue weighted by molar-refractivity contribution is 5.80. The Labute approximate surface area is 288 Å². The van der Waals surface area contributed by atoms with Crippen molar-refractivity contribution in [3.05, 3.63) is 133 Å². The van der Waals surface area contributed by atoms with Crippen molar-refractivity contribution in [1.82, 2.24) is 19.9 Å². The second kappa shape index (κ2) is 12.9. The Morgan fingerprint density at radius 3 is 1.78 bits per heavy atom. The molecule has 2 saturated carbocycles. The molecular formula is C44H39N5. The van der Waals surface area contributed by atoms with Crippen LogP contribution in [0.2, 0.25) is 0 Å². The highest BCUT2D eigenvalue weighted by Crippen LogP contribution is 2.54. The second-order valence-electron chi connectivity index (χ2n) is 14.4. The zero-order valence-corrected chi connectivity index (χ0v) is 28.1. The smallest absolute Gasteiger partial charge is 0.164 e. The van der Waals surface area contributed by atoms with Crippen LogP contribution in [0.4, 0.5) is 0 Å². The Balaban J connectivity index is 1.25. The number of nitrogens with zero attached hydrogens (tertiary/aromatic N) is 5. The molecule has 5 heteroatoms. The molecule has 2 fully saturated rings. The summed E-state index contributed by atoms with van der Waals surface area (Å²) in [5, 5.41) is 9.60. The van der Waals surface area contributed by atoms with Gasteiger partial charge in [-0.3, -0.25) is 4.98 Å². The number of fused-ring (bicyclic) bond motifs is 2. The van der Waals surface area contributed by atoms with Gasteiger partial charge in [0.2, 0.25) is 0 Å². The fourth-order valence-corrected chi connectivity index (χ4v) is 8.79. The van der Waals surface area contributed by atoms with Gasteiger partial charge in [0.1, 0.15) is 0 Å². The van der Waals surface area contributed by atoms with Crippen molar-refractivity contribution in [1.29, 1.82) is 5.26 Å². The average molecular weight is 638 g/mol. The molecule has 2 heterocycles. The van der Waals surface area contributed by atoms with Crippen molar-refractivity contribution in [2.75, 3.05) is 0 Å². The van der Waals surface area contributed by atoms with E-state index in [1.807, 2.05) is 73.1 Å². The molecule has 240 valence electrons. The molecular weight excluding hydrogens is 599 g/mol. The van der Waals surface area contributed by atoms with Crippen molar-refractivity contribution in [3.8, 4) is 62.5 Å². The van der Waals surface area contributed by atoms with Crippen molar-refractivity contribution >= 4 is 0 Å². The number of pyridine rings is 1. The fourth-order valence-electron chi connectivity index (χ4n) is 8.79. The van der Waals surface area contributed by atoms with Gasteiger partial charge in [0.05, 0.1) is 11.6 Å². The third-order valence-corrected chi connectivity index (χ3v) is 10.6. The van der Waals surface area contributed by atoms with Gasteiger partial charge in [-0.1, -0.05) is 80.6 Å². The molecule has 2 aliphatic rings. The Hall–Kier alpha value is -5.47. The van der Waals surface area contributed by atoms with Crippen LogP contribution in [0.25, 0.3) is 56.4 Å². The molecule has 2 aliphatic carbocycles. The third-order valence-electron chi connectivity index (χ3n) is 10.6. The van der Waals surface area contributed by atoms with Gasteiger partial charge in [-0.2, -0.15) is 5.26 Å². The van der Waals surface area contributed by atoms with E-state index in [9.17, 15) is 5.26 Å². The summed E-state index contributed by atoms with van der Waals surface area (Å²) < 4.78 is 0. The monoisotopic (exact) mass is 637 g/mol. The standard InChI is InChI=1S/C44H39N5/c1-29-19-32-20-30(2)26-44(25-29,27-32)40-13-11-33(12-14-40)37-22-38(34-15-17-46-18-16-34)24-39(23-37)43-48-41(35-8-4-3-5-9-35)47-42(49-43)36-10-6-7-31(21-36)28-45/h3-18,21-24,29-30,32H,19-20,25-27H2,1-2H3/t29-,30-,32?,44?/m1/s1. The maximum atomic E-state index is 9.60. The van der Waals surface area contributed by atoms with Gasteiger partial charge in [-0.15, -0.1) is 0 Å². The lowest BCUT2D eigenvalue weighted by Gasteiger charge is -2.50. The normalized spacial score (nSPS) is 21.5. The topological polar surface area (TPSA) is 75.3 Å². The molecule has 5 nitrogen and oxygen atoms in total. The van der Waals surface area contributed by atoms with Crippen molar-refractivity contribution < 1.29 is 0 Å². The molecule has 6 aromatic rings. The van der Waals surface area contributed by atoms with E-state index >= 15 is 0 Å². The first-order chi connectivity index (χ1) is 23.9. The van der Waals surface area contributed by atoms with Crippen LogP contribution < -0.4 is 0 Å². The summed E-state index contributed by atoms with van der Waals surface area (Å²) in [6.07, 6.45) is 10.3. The first kappa shape index (κ1) is 30.8. The van der Waals surface area contributed by atoms with Crippen LogP contribution in [0.15, 0.2) is 122 Å². The molecule has 0 amide bonds.